The van der Waals surface area contributed by atoms with E-state index in [1.807, 2.05) is 6.07 Å². The number of allylic oxidation sites excluding steroid dienone is 2. The van der Waals surface area contributed by atoms with Crippen LogP contribution in [-0.4, -0.2) is 18.4 Å². The Hall–Kier alpha value is -3.63. The topological polar surface area (TPSA) is 123 Å². The molecule has 2 aromatic carbocycles. The highest BCUT2D eigenvalue weighted by atomic mass is 32.2. The monoisotopic (exact) mass is 481 g/mol. The lowest BCUT2D eigenvalue weighted by atomic mass is 10.1. The summed E-state index contributed by atoms with van der Waals surface area (Å²) >= 11 is 0.908. The molecule has 0 bridgehead atoms. The number of oxime groups is 1. The molecule has 1 aliphatic rings. The molecule has 2 aromatic rings. The minimum absolute atomic E-state index is 0.00809. The number of alkyl halides is 3. The largest absolute Gasteiger partial charge is 0.416 e. The second kappa shape index (κ2) is 8.85. The van der Waals surface area contributed by atoms with Crippen LogP contribution in [0.15, 0.2) is 75.6 Å². The van der Waals surface area contributed by atoms with E-state index in [-0.39, 0.29) is 17.2 Å². The van der Waals surface area contributed by atoms with E-state index in [4.69, 9.17) is 0 Å². The smallest absolute Gasteiger partial charge is 0.264 e. The van der Waals surface area contributed by atoms with E-state index in [1.54, 1.807) is 30.3 Å². The molecule has 3 rings (SSSR count). The molecule has 164 valence electrons. The summed E-state index contributed by atoms with van der Waals surface area (Å²) in [6.07, 6.45) is -2.17. The van der Waals surface area contributed by atoms with Crippen molar-refractivity contribution in [2.45, 2.75) is 11.1 Å². The van der Waals surface area contributed by atoms with E-state index in [1.165, 1.54) is 12.2 Å². The zero-order valence-corrected chi connectivity index (χ0v) is 17.2. The first kappa shape index (κ1) is 23.0. The number of nitrogens with zero attached hydrogens (tertiary/aromatic N) is 3. The number of nitro groups is 1. The van der Waals surface area contributed by atoms with Gasteiger partial charge in [-0.2, -0.15) is 26.9 Å². The predicted octanol–water partition coefficient (Wildman–Crippen LogP) is 4.87. The van der Waals surface area contributed by atoms with Crippen molar-refractivity contribution in [3.05, 3.63) is 86.8 Å². The van der Waals surface area contributed by atoms with Gasteiger partial charge in [0.05, 0.1) is 16.1 Å². The van der Waals surface area contributed by atoms with Crippen LogP contribution in [0.4, 0.5) is 18.9 Å². The van der Waals surface area contributed by atoms with Gasteiger partial charge in [0.15, 0.2) is 0 Å². The van der Waals surface area contributed by atoms with Gasteiger partial charge in [-0.3, -0.25) is 14.4 Å². The summed E-state index contributed by atoms with van der Waals surface area (Å²) in [5, 5.41) is 23.7. The average Bonchev–Trinajstić information content (AvgIpc) is 3.21. The molecule has 0 aromatic heterocycles. The lowest BCUT2D eigenvalue weighted by Crippen LogP contribution is -2.10. The zero-order chi connectivity index (χ0) is 23.5. The molecule has 0 atom stereocenters. The van der Waals surface area contributed by atoms with Gasteiger partial charge in [0.1, 0.15) is 16.0 Å². The molecule has 1 heterocycles. The highest BCUT2D eigenvalue weighted by molar-refractivity contribution is 8.18. The SMILES string of the molecule is N#C/C(=C1C=C/C(=N/OS(=O)(=O)c2cc([N+](=O)[O-])cc(C(F)(F)F)c2)S\1)c1ccccc1. The Balaban J connectivity index is 1.88. The van der Waals surface area contributed by atoms with Crippen LogP contribution >= 0.6 is 11.8 Å². The number of halogens is 3. The average molecular weight is 481 g/mol. The van der Waals surface area contributed by atoms with Gasteiger partial charge >= 0.3 is 16.3 Å². The molecular weight excluding hydrogens is 471 g/mol. The van der Waals surface area contributed by atoms with Gasteiger partial charge < -0.3 is 0 Å². The van der Waals surface area contributed by atoms with Gasteiger partial charge in [-0.05, 0) is 23.8 Å². The van der Waals surface area contributed by atoms with Crippen molar-refractivity contribution in [3.8, 4) is 6.07 Å². The van der Waals surface area contributed by atoms with Crippen molar-refractivity contribution in [1.29, 1.82) is 5.26 Å². The van der Waals surface area contributed by atoms with Gasteiger partial charge in [-0.15, -0.1) is 0 Å². The van der Waals surface area contributed by atoms with Crippen LogP contribution in [0.2, 0.25) is 0 Å². The normalized spacial score (nSPS) is 16.6. The first-order chi connectivity index (χ1) is 15.0. The van der Waals surface area contributed by atoms with E-state index in [0.717, 1.165) is 11.8 Å². The summed E-state index contributed by atoms with van der Waals surface area (Å²) in [6, 6.07) is 11.6. The molecule has 0 aliphatic carbocycles. The van der Waals surface area contributed by atoms with Crippen LogP contribution in [0, 0.1) is 21.4 Å². The first-order valence-electron chi connectivity index (χ1n) is 8.45. The van der Waals surface area contributed by atoms with Crippen LogP contribution in [0.3, 0.4) is 0 Å². The summed E-state index contributed by atoms with van der Waals surface area (Å²) in [6.45, 7) is 0. The molecule has 0 unspecified atom stereocenters. The van der Waals surface area contributed by atoms with Gasteiger partial charge in [0, 0.05) is 17.0 Å². The maximum absolute atomic E-state index is 13.0. The van der Waals surface area contributed by atoms with Crippen LogP contribution in [0.1, 0.15) is 11.1 Å². The highest BCUT2D eigenvalue weighted by Crippen LogP contribution is 2.36. The molecule has 8 nitrogen and oxygen atoms in total. The summed E-state index contributed by atoms with van der Waals surface area (Å²) in [7, 11) is -4.90. The lowest BCUT2D eigenvalue weighted by Gasteiger charge is -2.08. The number of nitro benzene ring substituents is 1. The number of nitriles is 1. The molecule has 0 saturated heterocycles. The molecule has 0 amide bonds. The standard InChI is InChI=1S/C19H10F3N3O5S2/c20-19(21,22)13-8-14(25(26)27)10-15(9-13)32(28,29)30-24-18-7-6-17(31-18)16(11-23)12-4-2-1-3-5-12/h1-10H/b17-16-,24-18-. The molecule has 0 saturated carbocycles. The Labute approximate surface area is 183 Å². The second-order valence-electron chi connectivity index (χ2n) is 6.08. The number of hydrogen-bond acceptors (Lipinski definition) is 8. The fourth-order valence-electron chi connectivity index (χ4n) is 2.50. The number of hydrogen-bond donors (Lipinski definition) is 0. The maximum Gasteiger partial charge on any atom is 0.416 e. The molecule has 0 spiro atoms. The van der Waals surface area contributed by atoms with Crippen molar-refractivity contribution in [2.24, 2.45) is 5.16 Å². The Bertz CT molecular complexity index is 1310. The number of rotatable bonds is 5. The van der Waals surface area contributed by atoms with Crippen molar-refractivity contribution in [2.75, 3.05) is 0 Å². The molecule has 13 heteroatoms. The molecular formula is C19H10F3N3O5S2. The molecule has 32 heavy (non-hydrogen) atoms. The fourth-order valence-corrected chi connectivity index (χ4v) is 4.19. The van der Waals surface area contributed by atoms with Gasteiger partial charge in [-0.1, -0.05) is 47.2 Å². The lowest BCUT2D eigenvalue weighted by molar-refractivity contribution is -0.385. The second-order valence-corrected chi connectivity index (χ2v) is 8.67. The molecule has 0 N–H and O–H groups in total. The highest BCUT2D eigenvalue weighted by Gasteiger charge is 2.35. The first-order valence-corrected chi connectivity index (χ1v) is 10.7. The third-order valence-electron chi connectivity index (χ3n) is 3.96. The summed E-state index contributed by atoms with van der Waals surface area (Å²) in [5.74, 6) is 0. The van der Waals surface area contributed by atoms with E-state index in [0.29, 0.717) is 22.1 Å². The van der Waals surface area contributed by atoms with Crippen molar-refractivity contribution >= 4 is 38.2 Å². The Morgan fingerprint density at radius 1 is 1.16 bits per heavy atom. The Morgan fingerprint density at radius 2 is 1.84 bits per heavy atom. The number of non-ortho nitro benzene ring substituents is 1. The van der Waals surface area contributed by atoms with Gasteiger partial charge in [0.2, 0.25) is 0 Å². The van der Waals surface area contributed by atoms with Gasteiger partial charge in [0.25, 0.3) is 5.69 Å². The molecule has 1 aliphatic heterocycles. The van der Waals surface area contributed by atoms with Gasteiger partial charge in [-0.25, -0.2) is 0 Å². The minimum atomic E-state index is -5.02. The van der Waals surface area contributed by atoms with Crippen LogP contribution in [0.5, 0.6) is 0 Å². The third-order valence-corrected chi connectivity index (χ3v) is 6.02. The van der Waals surface area contributed by atoms with Crippen molar-refractivity contribution < 1.29 is 30.8 Å². The number of benzene rings is 2. The van der Waals surface area contributed by atoms with E-state index >= 15 is 0 Å². The fraction of sp³-hybridized carbons (Fsp3) is 0.0526. The quantitative estimate of drug-likeness (QED) is 0.339. The van der Waals surface area contributed by atoms with E-state index in [9.17, 15) is 37.0 Å². The van der Waals surface area contributed by atoms with Crippen molar-refractivity contribution in [3.63, 3.8) is 0 Å². The predicted molar refractivity (Wildman–Crippen MR) is 110 cm³/mol. The Kier molecular flexibility index (Phi) is 6.37. The summed E-state index contributed by atoms with van der Waals surface area (Å²) < 4.78 is 68.1. The summed E-state index contributed by atoms with van der Waals surface area (Å²) in [5.41, 5.74) is -1.68. The molecule has 0 fully saturated rings. The number of thioether (sulfide) groups is 1. The van der Waals surface area contributed by atoms with Crippen LogP contribution in [-0.2, 0) is 20.6 Å². The van der Waals surface area contributed by atoms with Crippen LogP contribution in [0.25, 0.3) is 5.57 Å². The third kappa shape index (κ3) is 5.16. The van der Waals surface area contributed by atoms with E-state index in [2.05, 4.69) is 9.44 Å². The zero-order valence-electron chi connectivity index (χ0n) is 15.6. The van der Waals surface area contributed by atoms with E-state index < -0.39 is 37.4 Å². The summed E-state index contributed by atoms with van der Waals surface area (Å²) in [4.78, 5) is 9.13. The van der Waals surface area contributed by atoms with Crippen LogP contribution < -0.4 is 0 Å². The maximum atomic E-state index is 13.0. The Morgan fingerprint density at radius 3 is 2.44 bits per heavy atom. The van der Waals surface area contributed by atoms with Crippen molar-refractivity contribution in [1.82, 2.24) is 0 Å². The minimum Gasteiger partial charge on any atom is -0.264 e. The molecule has 0 radical (unpaired) electrons.